The van der Waals surface area contributed by atoms with Gasteiger partial charge in [-0.15, -0.1) is 0 Å². The van der Waals surface area contributed by atoms with E-state index in [0.29, 0.717) is 32.9 Å². The quantitative estimate of drug-likeness (QED) is 0.251. The van der Waals surface area contributed by atoms with Crippen LogP contribution in [0.3, 0.4) is 0 Å². The number of hydrogen-bond acceptors (Lipinski definition) is 5. The molecule has 9 heteroatoms. The van der Waals surface area contributed by atoms with E-state index in [1.165, 1.54) is 6.92 Å². The van der Waals surface area contributed by atoms with Crippen LogP contribution in [-0.2, 0) is 16.1 Å². The molecule has 172 valence electrons. The monoisotopic (exact) mass is 588 g/mol. The molecule has 0 bridgehead atoms. The van der Waals surface area contributed by atoms with Gasteiger partial charge in [0.15, 0.2) is 6.20 Å². The number of rotatable bonds is 5. The highest BCUT2D eigenvalue weighted by molar-refractivity contribution is 14.1. The Morgan fingerprint density at radius 2 is 1.91 bits per heavy atom. The average Bonchev–Trinajstić information content (AvgIpc) is 2.81. The normalized spacial score (nSPS) is 11.5. The molecule has 4 aromatic rings. The summed E-state index contributed by atoms with van der Waals surface area (Å²) in [4.78, 5) is 32.4. The van der Waals surface area contributed by atoms with Gasteiger partial charge in [-0.05, 0) is 65.1 Å². The lowest BCUT2D eigenvalue weighted by molar-refractivity contribution is -0.386. The van der Waals surface area contributed by atoms with Crippen LogP contribution >= 0.6 is 34.2 Å². The van der Waals surface area contributed by atoms with E-state index >= 15 is 0 Å². The third-order valence-electron chi connectivity index (χ3n) is 4.97. The number of nitrogens with one attached hydrogen (secondary N) is 2. The molecule has 7 nitrogen and oxygen atoms in total. The molecule has 0 aliphatic carbocycles. The van der Waals surface area contributed by atoms with E-state index < -0.39 is 11.9 Å². The number of aryl methyl sites for hydroxylation is 1. The zero-order chi connectivity index (χ0) is 24.2. The minimum Gasteiger partial charge on any atom is -0.461 e. The van der Waals surface area contributed by atoms with Gasteiger partial charge in [0.05, 0.1) is 22.0 Å². The van der Waals surface area contributed by atoms with Crippen molar-refractivity contribution in [1.29, 1.82) is 0 Å². The lowest BCUT2D eigenvalue weighted by Gasteiger charge is -2.10. The van der Waals surface area contributed by atoms with E-state index in [9.17, 15) is 9.59 Å². The molecule has 34 heavy (non-hydrogen) atoms. The standard InChI is InChI=1S/C25H19ClIN3O4/c1-14-23-19(16(12-28-14)13-33-15(2)31)11-20(24(32)30-22-6-4-3-5-21(22)26)25(34-23)29-18-9-7-17(27)8-10-18/h3-12H,13H2,1-2H3,(H,30,32)/p+1. The van der Waals surface area contributed by atoms with Crippen LogP contribution in [0, 0.1) is 10.5 Å². The van der Waals surface area contributed by atoms with Gasteiger partial charge in [-0.25, -0.2) is 9.98 Å². The molecule has 2 N–H and O–H groups in total. The van der Waals surface area contributed by atoms with E-state index in [1.807, 2.05) is 31.2 Å². The fourth-order valence-electron chi connectivity index (χ4n) is 3.26. The van der Waals surface area contributed by atoms with Crippen molar-refractivity contribution in [3.8, 4) is 0 Å². The van der Waals surface area contributed by atoms with Gasteiger partial charge in [0.1, 0.15) is 12.2 Å². The summed E-state index contributed by atoms with van der Waals surface area (Å²) in [6, 6.07) is 16.2. The molecule has 0 saturated heterocycles. The third kappa shape index (κ3) is 5.45. The summed E-state index contributed by atoms with van der Waals surface area (Å²) in [6.45, 7) is 3.21. The zero-order valence-electron chi connectivity index (χ0n) is 18.3. The van der Waals surface area contributed by atoms with Crippen LogP contribution in [0.4, 0.5) is 11.4 Å². The predicted octanol–water partition coefficient (Wildman–Crippen LogP) is 5.36. The Bertz CT molecular complexity index is 1470. The van der Waals surface area contributed by atoms with Crippen LogP contribution in [0.2, 0.25) is 5.02 Å². The van der Waals surface area contributed by atoms with E-state index in [4.69, 9.17) is 20.8 Å². The average molecular weight is 589 g/mol. The van der Waals surface area contributed by atoms with Gasteiger partial charge in [-0.1, -0.05) is 23.7 Å². The third-order valence-corrected chi connectivity index (χ3v) is 6.02. The van der Waals surface area contributed by atoms with Crippen molar-refractivity contribution in [1.82, 2.24) is 0 Å². The van der Waals surface area contributed by atoms with Crippen LogP contribution in [0.25, 0.3) is 11.0 Å². The Kier molecular flexibility index (Phi) is 7.28. The Balaban J connectivity index is 1.91. The van der Waals surface area contributed by atoms with Crippen LogP contribution < -0.4 is 15.9 Å². The number of esters is 1. The zero-order valence-corrected chi connectivity index (χ0v) is 21.2. The first-order valence-electron chi connectivity index (χ1n) is 10.3. The number of halogens is 2. The van der Waals surface area contributed by atoms with Gasteiger partial charge < -0.3 is 14.5 Å². The van der Waals surface area contributed by atoms with Gasteiger partial charge >= 0.3 is 5.97 Å². The fraction of sp³-hybridized carbons (Fsp3) is 0.120. The highest BCUT2D eigenvalue weighted by Crippen LogP contribution is 2.24. The van der Waals surface area contributed by atoms with Crippen LogP contribution in [-0.4, -0.2) is 11.9 Å². The maximum Gasteiger partial charge on any atom is 0.302 e. The highest BCUT2D eigenvalue weighted by Gasteiger charge is 2.20. The van der Waals surface area contributed by atoms with E-state index in [-0.39, 0.29) is 17.7 Å². The number of hydrogen-bond donors (Lipinski definition) is 1. The smallest absolute Gasteiger partial charge is 0.302 e. The lowest BCUT2D eigenvalue weighted by atomic mass is 10.1. The van der Waals surface area contributed by atoms with Gasteiger partial charge in [0, 0.05) is 22.8 Å². The van der Waals surface area contributed by atoms with Crippen LogP contribution in [0.1, 0.15) is 28.5 Å². The summed E-state index contributed by atoms with van der Waals surface area (Å²) in [6.07, 6.45) is 1.72. The fourth-order valence-corrected chi connectivity index (χ4v) is 3.81. The van der Waals surface area contributed by atoms with E-state index in [1.54, 1.807) is 36.5 Å². The molecule has 4 rings (SSSR count). The summed E-state index contributed by atoms with van der Waals surface area (Å²) < 4.78 is 12.4. The molecular weight excluding hydrogens is 569 g/mol. The largest absolute Gasteiger partial charge is 0.461 e. The first kappa shape index (κ1) is 23.9. The van der Waals surface area contributed by atoms with Crippen molar-refractivity contribution in [2.24, 2.45) is 4.99 Å². The molecule has 2 aromatic carbocycles. The number of pyridine rings is 1. The molecule has 0 radical (unpaired) electrons. The second-order valence-electron chi connectivity index (χ2n) is 7.45. The Labute approximate surface area is 214 Å². The maximum atomic E-state index is 13.4. The van der Waals surface area contributed by atoms with Gasteiger partial charge in [0.25, 0.3) is 5.91 Å². The summed E-state index contributed by atoms with van der Waals surface area (Å²) in [5, 5.41) is 3.86. The van der Waals surface area contributed by atoms with Gasteiger partial charge in [-0.3, -0.25) is 9.59 Å². The number of fused-ring (bicyclic) bond motifs is 1. The SMILES string of the molecule is CC(=O)OCc1c[nH+]c(C)c2oc(=Nc3ccc(I)cc3)c(C(=O)Nc3ccccc3Cl)cc12. The van der Waals surface area contributed by atoms with Crippen molar-refractivity contribution in [2.45, 2.75) is 20.5 Å². The number of aromatic amines is 1. The molecule has 0 fully saturated rings. The number of carbonyl (C=O) groups excluding carboxylic acids is 2. The van der Waals surface area contributed by atoms with Crippen LogP contribution in [0.15, 0.2) is 70.2 Å². The second kappa shape index (κ2) is 10.4. The Morgan fingerprint density at radius 3 is 2.62 bits per heavy atom. The Hall–Kier alpha value is -3.24. The first-order valence-corrected chi connectivity index (χ1v) is 11.7. The molecule has 2 aromatic heterocycles. The van der Waals surface area contributed by atoms with Crippen molar-refractivity contribution in [3.63, 3.8) is 0 Å². The van der Waals surface area contributed by atoms with Gasteiger partial charge in [-0.2, -0.15) is 0 Å². The highest BCUT2D eigenvalue weighted by atomic mass is 127. The molecule has 0 aliphatic heterocycles. The van der Waals surface area contributed by atoms with Crippen molar-refractivity contribution < 1.29 is 23.7 Å². The molecule has 0 saturated carbocycles. The number of benzene rings is 2. The minimum absolute atomic E-state index is 0.0251. The molecule has 2 heterocycles. The number of nitrogens with zero attached hydrogens (tertiary/aromatic N) is 1. The van der Waals surface area contributed by atoms with E-state index in [0.717, 1.165) is 9.26 Å². The maximum absolute atomic E-state index is 13.4. The number of carbonyl (C=O) groups is 2. The van der Waals surface area contributed by atoms with Crippen molar-refractivity contribution >= 4 is 68.4 Å². The number of aromatic nitrogens is 1. The minimum atomic E-state index is -0.438. The number of ether oxygens (including phenoxy) is 1. The summed E-state index contributed by atoms with van der Waals surface area (Å²) in [5.74, 6) is -0.848. The Morgan fingerprint density at radius 1 is 1.18 bits per heavy atom. The first-order chi connectivity index (χ1) is 16.3. The topological polar surface area (TPSA) is 95.0 Å². The lowest BCUT2D eigenvalue weighted by Crippen LogP contribution is -2.23. The molecule has 1 amide bonds. The van der Waals surface area contributed by atoms with Gasteiger partial charge in [0.2, 0.25) is 16.8 Å². The number of H-pyrrole nitrogens is 1. The summed E-state index contributed by atoms with van der Waals surface area (Å²) >= 11 is 8.45. The van der Waals surface area contributed by atoms with E-state index in [2.05, 4.69) is 37.9 Å². The summed E-state index contributed by atoms with van der Waals surface area (Å²) in [5.41, 5.74) is 3.34. The number of para-hydroxylation sites is 1. The number of amides is 1. The molecule has 0 unspecified atom stereocenters. The molecule has 0 spiro atoms. The molecular formula is C25H20ClIN3O4+. The van der Waals surface area contributed by atoms with Crippen molar-refractivity contribution in [3.05, 3.63) is 91.8 Å². The van der Waals surface area contributed by atoms with Crippen molar-refractivity contribution in [2.75, 3.05) is 5.32 Å². The molecule has 0 aliphatic rings. The number of anilines is 1. The molecule has 0 atom stereocenters. The van der Waals surface area contributed by atoms with Crippen LogP contribution in [0.5, 0.6) is 0 Å². The second-order valence-corrected chi connectivity index (χ2v) is 9.10. The summed E-state index contributed by atoms with van der Waals surface area (Å²) in [7, 11) is 0. The predicted molar refractivity (Wildman–Crippen MR) is 137 cm³/mol.